The van der Waals surface area contributed by atoms with E-state index in [4.69, 9.17) is 5.11 Å². The molecule has 1 amide bonds. The molecule has 0 bridgehead atoms. The van der Waals surface area contributed by atoms with Crippen molar-refractivity contribution in [2.75, 3.05) is 20.2 Å². The number of aryl methyl sites for hydroxylation is 1. The van der Waals surface area contributed by atoms with Crippen molar-refractivity contribution >= 4 is 27.8 Å². The van der Waals surface area contributed by atoms with Crippen LogP contribution in [-0.2, 0) is 0 Å². The lowest BCUT2D eigenvalue weighted by atomic mass is 10.2. The zero-order valence-electron chi connectivity index (χ0n) is 14.9. The van der Waals surface area contributed by atoms with Gasteiger partial charge in [0.25, 0.3) is 5.91 Å². The fraction of sp³-hybridized carbons (Fsp3) is 0.211. The van der Waals surface area contributed by atoms with Gasteiger partial charge >= 0.3 is 0 Å². The highest BCUT2D eigenvalue weighted by Gasteiger charge is 2.18. The van der Waals surface area contributed by atoms with E-state index in [0.717, 1.165) is 27.6 Å². The Balaban J connectivity index is 1.86. The van der Waals surface area contributed by atoms with Gasteiger partial charge in [-0.3, -0.25) is 9.89 Å². The number of aliphatic hydroxyl groups is 1. The van der Waals surface area contributed by atoms with Gasteiger partial charge in [-0.15, -0.1) is 0 Å². The number of aromatic amines is 1. The number of likely N-dealkylation sites (N-methyl/N-ethyl adjacent to an activating group) is 1. The Morgan fingerprint density at radius 2 is 2.11 bits per heavy atom. The van der Waals surface area contributed by atoms with E-state index in [9.17, 15) is 9.18 Å². The molecule has 1 aromatic carbocycles. The fourth-order valence-electron chi connectivity index (χ4n) is 3.30. The molecule has 3 heterocycles. The number of H-pyrrole nitrogens is 1. The average molecular weight is 367 g/mol. The Morgan fingerprint density at radius 3 is 2.85 bits per heavy atom. The summed E-state index contributed by atoms with van der Waals surface area (Å²) in [5.74, 6) is -0.578. The summed E-state index contributed by atoms with van der Waals surface area (Å²) >= 11 is 0. The molecule has 2 N–H and O–H groups in total. The summed E-state index contributed by atoms with van der Waals surface area (Å²) in [6, 6.07) is 8.07. The maximum absolute atomic E-state index is 13.7. The predicted octanol–water partition coefficient (Wildman–Crippen LogP) is 2.41. The molecule has 7 nitrogen and oxygen atoms in total. The smallest absolute Gasteiger partial charge is 0.272 e. The molecule has 4 rings (SSSR count). The number of nitrogens with zero attached hydrogens (tertiary/aromatic N) is 4. The lowest BCUT2D eigenvalue weighted by Crippen LogP contribution is -2.30. The van der Waals surface area contributed by atoms with Gasteiger partial charge in [0.15, 0.2) is 0 Å². The third-order valence-electron chi connectivity index (χ3n) is 4.63. The quantitative estimate of drug-likeness (QED) is 0.580. The number of carbonyl (C=O) groups is 1. The zero-order chi connectivity index (χ0) is 19.1. The van der Waals surface area contributed by atoms with Gasteiger partial charge in [0.05, 0.1) is 40.7 Å². The highest BCUT2D eigenvalue weighted by Crippen LogP contribution is 2.31. The molecule has 0 saturated heterocycles. The molecule has 27 heavy (non-hydrogen) atoms. The molecule has 0 spiro atoms. The van der Waals surface area contributed by atoms with Crippen molar-refractivity contribution in [3.63, 3.8) is 0 Å². The number of halogens is 1. The normalized spacial score (nSPS) is 11.4. The maximum atomic E-state index is 13.7. The van der Waals surface area contributed by atoms with Crippen LogP contribution in [0.25, 0.3) is 27.6 Å². The topological polar surface area (TPSA) is 87.0 Å². The molecular formula is C19H18FN5O2. The summed E-state index contributed by atoms with van der Waals surface area (Å²) in [6.45, 7) is 1.95. The van der Waals surface area contributed by atoms with Crippen molar-refractivity contribution in [2.24, 2.45) is 0 Å². The van der Waals surface area contributed by atoms with Crippen molar-refractivity contribution in [3.8, 4) is 5.69 Å². The summed E-state index contributed by atoms with van der Waals surface area (Å²) in [7, 11) is 1.62. The average Bonchev–Trinajstić information content (AvgIpc) is 3.22. The van der Waals surface area contributed by atoms with E-state index < -0.39 is 0 Å². The van der Waals surface area contributed by atoms with Crippen LogP contribution in [0.2, 0.25) is 0 Å². The standard InChI is InChI=1S/C19H18FN5O2/c1-11-15(6-4-14(22-11)19(27)24(2)7-8-26)25-16-5-3-12(20)9-13(16)18-17(25)10-21-23-18/h3-6,9-10,26H,7-8H2,1-2H3,(H,21,23). The number of nitrogens with one attached hydrogen (secondary N) is 1. The Bertz CT molecular complexity index is 1160. The van der Waals surface area contributed by atoms with Crippen LogP contribution in [0.4, 0.5) is 4.39 Å². The molecule has 0 atom stereocenters. The van der Waals surface area contributed by atoms with Gasteiger partial charge in [-0.25, -0.2) is 9.37 Å². The molecule has 0 saturated carbocycles. The molecule has 8 heteroatoms. The molecule has 0 unspecified atom stereocenters. The highest BCUT2D eigenvalue weighted by atomic mass is 19.1. The van der Waals surface area contributed by atoms with Gasteiger partial charge in [0, 0.05) is 19.0 Å². The Hall–Kier alpha value is -3.26. The first-order valence-corrected chi connectivity index (χ1v) is 8.48. The largest absolute Gasteiger partial charge is 0.395 e. The molecule has 0 aliphatic heterocycles. The van der Waals surface area contributed by atoms with Crippen molar-refractivity contribution in [1.82, 2.24) is 24.6 Å². The monoisotopic (exact) mass is 367 g/mol. The minimum Gasteiger partial charge on any atom is -0.395 e. The van der Waals surface area contributed by atoms with E-state index in [-0.39, 0.29) is 24.9 Å². The molecule has 0 aliphatic carbocycles. The van der Waals surface area contributed by atoms with Crippen LogP contribution in [0, 0.1) is 12.7 Å². The number of rotatable bonds is 4. The zero-order valence-corrected chi connectivity index (χ0v) is 14.9. The molecule has 3 aromatic heterocycles. The minimum atomic E-state index is -0.320. The molecule has 4 aromatic rings. The number of carbonyl (C=O) groups excluding carboxylic acids is 1. The van der Waals surface area contributed by atoms with Crippen LogP contribution in [-0.4, -0.2) is 55.9 Å². The summed E-state index contributed by atoms with van der Waals surface area (Å²) < 4.78 is 15.7. The van der Waals surface area contributed by atoms with Gasteiger partial charge in [0.2, 0.25) is 0 Å². The van der Waals surface area contributed by atoms with E-state index >= 15 is 0 Å². The lowest BCUT2D eigenvalue weighted by molar-refractivity contribution is 0.0761. The van der Waals surface area contributed by atoms with Gasteiger partial charge in [-0.1, -0.05) is 0 Å². The number of fused-ring (bicyclic) bond motifs is 3. The van der Waals surface area contributed by atoms with E-state index in [2.05, 4.69) is 15.2 Å². The van der Waals surface area contributed by atoms with Crippen LogP contribution in [0.15, 0.2) is 36.5 Å². The van der Waals surface area contributed by atoms with Crippen LogP contribution in [0.1, 0.15) is 16.2 Å². The Morgan fingerprint density at radius 1 is 1.30 bits per heavy atom. The van der Waals surface area contributed by atoms with E-state index in [0.29, 0.717) is 11.4 Å². The number of benzene rings is 1. The summed E-state index contributed by atoms with van der Waals surface area (Å²) in [5, 5.41) is 16.7. The van der Waals surface area contributed by atoms with Gasteiger partial charge in [0.1, 0.15) is 11.5 Å². The van der Waals surface area contributed by atoms with Crippen LogP contribution >= 0.6 is 0 Å². The first-order valence-electron chi connectivity index (χ1n) is 8.48. The molecular weight excluding hydrogens is 349 g/mol. The van der Waals surface area contributed by atoms with Crippen molar-refractivity contribution in [2.45, 2.75) is 6.92 Å². The number of aromatic nitrogens is 4. The maximum Gasteiger partial charge on any atom is 0.272 e. The fourth-order valence-corrected chi connectivity index (χ4v) is 3.30. The predicted molar refractivity (Wildman–Crippen MR) is 99.5 cm³/mol. The first kappa shape index (κ1) is 17.2. The number of amides is 1. The summed E-state index contributed by atoms with van der Waals surface area (Å²) in [4.78, 5) is 18.3. The molecule has 138 valence electrons. The summed E-state index contributed by atoms with van der Waals surface area (Å²) in [6.07, 6.45) is 1.68. The van der Waals surface area contributed by atoms with Crippen LogP contribution in [0.3, 0.4) is 0 Å². The van der Waals surface area contributed by atoms with Crippen LogP contribution < -0.4 is 0 Å². The molecule has 0 fully saturated rings. The van der Waals surface area contributed by atoms with Crippen molar-refractivity contribution in [3.05, 3.63) is 53.7 Å². The number of pyridine rings is 1. The van der Waals surface area contributed by atoms with Crippen LogP contribution in [0.5, 0.6) is 0 Å². The number of aliphatic hydroxyl groups excluding tert-OH is 1. The second-order valence-corrected chi connectivity index (χ2v) is 6.38. The SMILES string of the molecule is Cc1nc(C(=O)N(C)CCO)ccc1-n1c2ccc(F)cc2c2[nH]ncc21. The molecule has 0 aliphatic rings. The van der Waals surface area contributed by atoms with Crippen molar-refractivity contribution in [1.29, 1.82) is 0 Å². The van der Waals surface area contributed by atoms with E-state index in [1.807, 2.05) is 17.6 Å². The van der Waals surface area contributed by atoms with Gasteiger partial charge in [-0.05, 0) is 37.3 Å². The van der Waals surface area contributed by atoms with Crippen molar-refractivity contribution < 1.29 is 14.3 Å². The highest BCUT2D eigenvalue weighted by molar-refractivity contribution is 6.07. The lowest BCUT2D eigenvalue weighted by Gasteiger charge is -2.16. The third kappa shape index (κ3) is 2.74. The third-order valence-corrected chi connectivity index (χ3v) is 4.63. The second-order valence-electron chi connectivity index (χ2n) is 6.38. The van der Waals surface area contributed by atoms with E-state index in [1.165, 1.54) is 17.0 Å². The Labute approximate surface area is 154 Å². The van der Waals surface area contributed by atoms with E-state index in [1.54, 1.807) is 25.4 Å². The Kier molecular flexibility index (Phi) is 4.12. The number of hydrogen-bond acceptors (Lipinski definition) is 4. The molecule has 0 radical (unpaired) electrons. The van der Waals surface area contributed by atoms with Gasteiger partial charge in [-0.2, -0.15) is 5.10 Å². The second kappa shape index (κ2) is 6.48. The minimum absolute atomic E-state index is 0.107. The van der Waals surface area contributed by atoms with Gasteiger partial charge < -0.3 is 14.6 Å². The summed E-state index contributed by atoms with van der Waals surface area (Å²) in [5.41, 5.74) is 4.11. The first-order chi connectivity index (χ1) is 13.0. The number of hydrogen-bond donors (Lipinski definition) is 2.